The Kier molecular flexibility index (Phi) is 3.90. The van der Waals surface area contributed by atoms with E-state index in [1.165, 1.54) is 18.2 Å². The second-order valence-corrected chi connectivity index (χ2v) is 4.87. The number of hydrogen-bond acceptors (Lipinski definition) is 3. The highest BCUT2D eigenvalue weighted by molar-refractivity contribution is 5.91. The van der Waals surface area contributed by atoms with Crippen molar-refractivity contribution in [2.75, 3.05) is 13.7 Å². The van der Waals surface area contributed by atoms with E-state index < -0.39 is 0 Å². The van der Waals surface area contributed by atoms with Crippen molar-refractivity contribution >= 4 is 16.9 Å². The molecule has 0 bridgehead atoms. The van der Waals surface area contributed by atoms with E-state index in [0.29, 0.717) is 13.0 Å². The lowest BCUT2D eigenvalue weighted by atomic mass is 10.0. The molecule has 0 atom stereocenters. The zero-order chi connectivity index (χ0) is 14.0. The number of rotatable bonds is 4. The van der Waals surface area contributed by atoms with E-state index in [1.807, 2.05) is 6.20 Å². The summed E-state index contributed by atoms with van der Waals surface area (Å²) in [5, 5.41) is 1.14. The zero-order valence-corrected chi connectivity index (χ0v) is 11.7. The highest BCUT2D eigenvalue weighted by Crippen LogP contribution is 2.27. The lowest BCUT2D eigenvalue weighted by Crippen LogP contribution is -2.09. The number of methoxy groups -OCH3 is 1. The fraction of sp³-hybridized carbons (Fsp3) is 0.400. The van der Waals surface area contributed by atoms with E-state index in [9.17, 15) is 4.79 Å². The molecular formula is C15H20N2O2. The minimum absolute atomic E-state index is 0.216. The van der Waals surface area contributed by atoms with Crippen molar-refractivity contribution in [1.29, 1.82) is 0 Å². The first kappa shape index (κ1) is 13.6. The van der Waals surface area contributed by atoms with Crippen LogP contribution in [0.3, 0.4) is 0 Å². The Morgan fingerprint density at radius 2 is 2.11 bits per heavy atom. The summed E-state index contributed by atoms with van der Waals surface area (Å²) < 4.78 is 6.88. The Labute approximate surface area is 113 Å². The van der Waals surface area contributed by atoms with Gasteiger partial charge in [0.2, 0.25) is 0 Å². The van der Waals surface area contributed by atoms with Crippen LogP contribution in [-0.4, -0.2) is 24.2 Å². The van der Waals surface area contributed by atoms with E-state index in [0.717, 1.165) is 23.0 Å². The number of ether oxygens (including phenoxy) is 1. The molecule has 0 unspecified atom stereocenters. The molecule has 1 heterocycles. The second kappa shape index (κ2) is 5.45. The van der Waals surface area contributed by atoms with Gasteiger partial charge in [-0.2, -0.15) is 0 Å². The zero-order valence-electron chi connectivity index (χ0n) is 11.7. The first-order valence-electron chi connectivity index (χ1n) is 6.42. The van der Waals surface area contributed by atoms with Crippen LogP contribution in [0.1, 0.15) is 16.7 Å². The number of nitrogens with two attached hydrogens (primary N) is 1. The summed E-state index contributed by atoms with van der Waals surface area (Å²) in [5.74, 6) is -0.216. The van der Waals surface area contributed by atoms with Crippen LogP contribution in [0, 0.1) is 13.8 Å². The van der Waals surface area contributed by atoms with Crippen LogP contribution >= 0.6 is 0 Å². The van der Waals surface area contributed by atoms with Crippen molar-refractivity contribution in [3.63, 3.8) is 0 Å². The molecule has 0 aliphatic heterocycles. The van der Waals surface area contributed by atoms with Crippen LogP contribution in [0.4, 0.5) is 0 Å². The highest BCUT2D eigenvalue weighted by Gasteiger charge is 2.14. The predicted octanol–water partition coefficient (Wildman–Crippen LogP) is 1.93. The van der Waals surface area contributed by atoms with Gasteiger partial charge in [0.1, 0.15) is 0 Å². The van der Waals surface area contributed by atoms with Crippen LogP contribution in [0.2, 0.25) is 0 Å². The van der Waals surface area contributed by atoms with Crippen LogP contribution in [0.15, 0.2) is 18.3 Å². The van der Waals surface area contributed by atoms with Gasteiger partial charge in [0.15, 0.2) is 0 Å². The van der Waals surface area contributed by atoms with E-state index >= 15 is 0 Å². The van der Waals surface area contributed by atoms with Gasteiger partial charge in [0, 0.05) is 30.2 Å². The second-order valence-electron chi connectivity index (χ2n) is 4.87. The third kappa shape index (κ3) is 2.63. The van der Waals surface area contributed by atoms with Crippen LogP contribution in [0.25, 0.3) is 10.9 Å². The van der Waals surface area contributed by atoms with Crippen molar-refractivity contribution in [3.05, 3.63) is 35.0 Å². The Hall–Kier alpha value is -1.81. The molecule has 2 aromatic rings. The number of nitrogens with zero attached hydrogens (tertiary/aromatic N) is 1. The summed E-state index contributed by atoms with van der Waals surface area (Å²) in [4.78, 5) is 11.5. The Balaban J connectivity index is 2.60. The minimum Gasteiger partial charge on any atom is -0.469 e. The number of carbonyl (C=O) groups is 1. The molecule has 4 nitrogen and oxygen atoms in total. The number of fused-ring (bicyclic) bond motifs is 1. The number of benzene rings is 1. The standard InChI is InChI=1S/C15H20N2O2/c1-10-6-11(2)15-12(8-14(18)19-3)9-17(5-4-16)13(15)7-10/h6-7,9H,4-5,8,16H2,1-3H3. The normalized spacial score (nSPS) is 10.9. The maximum absolute atomic E-state index is 11.5. The molecule has 0 aliphatic rings. The molecular weight excluding hydrogens is 240 g/mol. The molecule has 0 saturated carbocycles. The average molecular weight is 260 g/mol. The fourth-order valence-electron chi connectivity index (χ4n) is 2.60. The largest absolute Gasteiger partial charge is 0.469 e. The highest BCUT2D eigenvalue weighted by atomic mass is 16.5. The smallest absolute Gasteiger partial charge is 0.310 e. The third-order valence-corrected chi connectivity index (χ3v) is 3.33. The summed E-state index contributed by atoms with van der Waals surface area (Å²) in [6, 6.07) is 4.27. The Bertz CT molecular complexity index is 614. The number of aryl methyl sites for hydroxylation is 2. The van der Waals surface area contributed by atoms with E-state index in [4.69, 9.17) is 10.5 Å². The Morgan fingerprint density at radius 1 is 1.37 bits per heavy atom. The number of aromatic nitrogens is 1. The lowest BCUT2D eigenvalue weighted by molar-refractivity contribution is -0.139. The quantitative estimate of drug-likeness (QED) is 0.855. The predicted molar refractivity (Wildman–Crippen MR) is 76.2 cm³/mol. The number of esters is 1. The number of hydrogen-bond donors (Lipinski definition) is 1. The summed E-state index contributed by atoms with van der Waals surface area (Å²) in [5.41, 5.74) is 10.2. The van der Waals surface area contributed by atoms with Gasteiger partial charge in [0.25, 0.3) is 0 Å². The van der Waals surface area contributed by atoms with Gasteiger partial charge in [0.05, 0.1) is 13.5 Å². The molecule has 4 heteroatoms. The molecule has 0 aliphatic carbocycles. The maximum atomic E-state index is 11.5. The molecule has 2 N–H and O–H groups in total. The van der Waals surface area contributed by atoms with Gasteiger partial charge in [-0.1, -0.05) is 6.07 Å². The molecule has 1 aromatic carbocycles. The molecule has 102 valence electrons. The van der Waals surface area contributed by atoms with Crippen LogP contribution in [-0.2, 0) is 22.5 Å². The third-order valence-electron chi connectivity index (χ3n) is 3.33. The van der Waals surface area contributed by atoms with Crippen molar-refractivity contribution in [1.82, 2.24) is 4.57 Å². The summed E-state index contributed by atoms with van der Waals surface area (Å²) >= 11 is 0. The van der Waals surface area contributed by atoms with Gasteiger partial charge in [-0.25, -0.2) is 0 Å². The Morgan fingerprint density at radius 3 is 2.74 bits per heavy atom. The molecule has 2 rings (SSSR count). The lowest BCUT2D eigenvalue weighted by Gasteiger charge is -2.05. The number of carbonyl (C=O) groups excluding carboxylic acids is 1. The molecule has 0 spiro atoms. The topological polar surface area (TPSA) is 57.2 Å². The summed E-state index contributed by atoms with van der Waals surface area (Å²) in [6.07, 6.45) is 2.31. The molecule has 0 radical (unpaired) electrons. The average Bonchev–Trinajstić information content (AvgIpc) is 2.68. The van der Waals surface area contributed by atoms with Gasteiger partial charge >= 0.3 is 5.97 Å². The van der Waals surface area contributed by atoms with Gasteiger partial charge in [-0.3, -0.25) is 4.79 Å². The van der Waals surface area contributed by atoms with Crippen LogP contribution in [0.5, 0.6) is 0 Å². The van der Waals surface area contributed by atoms with Crippen molar-refractivity contribution < 1.29 is 9.53 Å². The molecule has 1 aromatic heterocycles. The van der Waals surface area contributed by atoms with Crippen molar-refractivity contribution in [2.45, 2.75) is 26.8 Å². The maximum Gasteiger partial charge on any atom is 0.310 e. The van der Waals surface area contributed by atoms with Crippen molar-refractivity contribution in [2.24, 2.45) is 5.73 Å². The first-order chi connectivity index (χ1) is 9.06. The fourth-order valence-corrected chi connectivity index (χ4v) is 2.60. The van der Waals surface area contributed by atoms with E-state index in [-0.39, 0.29) is 5.97 Å². The summed E-state index contributed by atoms with van der Waals surface area (Å²) in [7, 11) is 1.42. The van der Waals surface area contributed by atoms with Gasteiger partial charge in [-0.15, -0.1) is 0 Å². The SMILES string of the molecule is COC(=O)Cc1cn(CCN)c2cc(C)cc(C)c12. The van der Waals surface area contributed by atoms with E-state index in [2.05, 4.69) is 30.5 Å². The molecule has 0 fully saturated rings. The van der Waals surface area contributed by atoms with Crippen molar-refractivity contribution in [3.8, 4) is 0 Å². The van der Waals surface area contributed by atoms with Gasteiger partial charge in [-0.05, 0) is 36.6 Å². The van der Waals surface area contributed by atoms with E-state index in [1.54, 1.807) is 0 Å². The molecule has 0 amide bonds. The minimum atomic E-state index is -0.216. The molecule has 19 heavy (non-hydrogen) atoms. The summed E-state index contributed by atoms with van der Waals surface area (Å²) in [6.45, 7) is 5.48. The monoisotopic (exact) mass is 260 g/mol. The van der Waals surface area contributed by atoms with Gasteiger partial charge < -0.3 is 15.0 Å². The van der Waals surface area contributed by atoms with Crippen LogP contribution < -0.4 is 5.73 Å². The molecule has 0 saturated heterocycles. The first-order valence-corrected chi connectivity index (χ1v) is 6.42.